The average Bonchev–Trinajstić information content (AvgIpc) is 3.04. The smallest absolute Gasteiger partial charge is 0.435 e. The van der Waals surface area contributed by atoms with Gasteiger partial charge in [-0.25, -0.2) is 4.79 Å². The van der Waals surface area contributed by atoms with Gasteiger partial charge >= 0.3 is 12.1 Å². The van der Waals surface area contributed by atoms with Crippen LogP contribution in [0.15, 0.2) is 48.7 Å². The molecule has 0 unspecified atom stereocenters. The van der Waals surface area contributed by atoms with Crippen LogP contribution in [0.2, 0.25) is 0 Å². The summed E-state index contributed by atoms with van der Waals surface area (Å²) in [7, 11) is 0. The molecule has 28 heavy (non-hydrogen) atoms. The minimum Gasteiger partial charge on any atom is -0.466 e. The van der Waals surface area contributed by atoms with E-state index in [1.165, 1.54) is 4.68 Å². The maximum atomic E-state index is 12.3. The van der Waals surface area contributed by atoms with Gasteiger partial charge in [0.15, 0.2) is 0 Å². The molecule has 0 bridgehead atoms. The summed E-state index contributed by atoms with van der Waals surface area (Å²) in [6, 6.07) is 13.5. The van der Waals surface area contributed by atoms with Gasteiger partial charge in [0.25, 0.3) is 0 Å². The van der Waals surface area contributed by atoms with Crippen molar-refractivity contribution in [3.05, 3.63) is 54.2 Å². The Morgan fingerprint density at radius 3 is 2.36 bits per heavy atom. The van der Waals surface area contributed by atoms with Crippen LogP contribution in [0.25, 0.3) is 22.0 Å². The van der Waals surface area contributed by atoms with E-state index in [0.29, 0.717) is 12.1 Å². The fourth-order valence-electron chi connectivity index (χ4n) is 2.86. The molecule has 0 N–H and O–H groups in total. The lowest BCUT2D eigenvalue weighted by Gasteiger charge is -2.19. The molecule has 0 saturated heterocycles. The molecule has 0 atom stereocenters. The van der Waals surface area contributed by atoms with Crippen LogP contribution in [0, 0.1) is 0 Å². The highest BCUT2D eigenvalue weighted by Gasteiger charge is 2.20. The predicted molar refractivity (Wildman–Crippen MR) is 107 cm³/mol. The number of aromatic nitrogens is 2. The van der Waals surface area contributed by atoms with Crippen LogP contribution in [0.4, 0.5) is 4.79 Å². The van der Waals surface area contributed by atoms with Crippen molar-refractivity contribution in [1.29, 1.82) is 0 Å². The molecule has 146 valence electrons. The summed E-state index contributed by atoms with van der Waals surface area (Å²) in [6.45, 7) is 7.64. The van der Waals surface area contributed by atoms with Gasteiger partial charge in [-0.2, -0.15) is 9.78 Å². The summed E-state index contributed by atoms with van der Waals surface area (Å²) in [6.07, 6.45) is 1.41. The highest BCUT2D eigenvalue weighted by molar-refractivity contribution is 5.90. The van der Waals surface area contributed by atoms with Crippen molar-refractivity contribution in [3.8, 4) is 11.1 Å². The standard InChI is InChI=1S/C22H24N2O4/c1-5-27-20(25)12-15-6-8-16(9-7-15)17-10-11-19-18(13-17)14-23-24(19)21(26)28-22(2,3)4/h6-11,13-14H,5,12H2,1-4H3. The molecular formula is C22H24N2O4. The highest BCUT2D eigenvalue weighted by atomic mass is 16.6. The zero-order valence-corrected chi connectivity index (χ0v) is 16.6. The molecule has 0 spiro atoms. The third-order valence-corrected chi connectivity index (χ3v) is 4.08. The Labute approximate surface area is 164 Å². The second-order valence-electron chi connectivity index (χ2n) is 7.49. The molecule has 0 aliphatic rings. The van der Waals surface area contributed by atoms with Crippen LogP contribution in [0.1, 0.15) is 33.3 Å². The van der Waals surface area contributed by atoms with Gasteiger partial charge in [0, 0.05) is 5.39 Å². The number of fused-ring (bicyclic) bond motifs is 1. The molecule has 0 amide bonds. The van der Waals surface area contributed by atoms with Crippen LogP contribution < -0.4 is 0 Å². The Hall–Kier alpha value is -3.15. The van der Waals surface area contributed by atoms with Crippen molar-refractivity contribution in [2.75, 3.05) is 6.61 Å². The molecule has 0 fully saturated rings. The Kier molecular flexibility index (Phi) is 5.49. The predicted octanol–water partition coefficient (Wildman–Crippen LogP) is 4.59. The van der Waals surface area contributed by atoms with Crippen molar-refractivity contribution < 1.29 is 19.1 Å². The number of ether oxygens (including phenoxy) is 2. The van der Waals surface area contributed by atoms with Gasteiger partial charge in [0.05, 0.1) is 24.7 Å². The fourth-order valence-corrected chi connectivity index (χ4v) is 2.86. The lowest BCUT2D eigenvalue weighted by molar-refractivity contribution is -0.142. The summed E-state index contributed by atoms with van der Waals surface area (Å²) < 4.78 is 11.6. The van der Waals surface area contributed by atoms with Gasteiger partial charge in [-0.05, 0) is 56.5 Å². The molecule has 0 radical (unpaired) electrons. The van der Waals surface area contributed by atoms with Gasteiger partial charge < -0.3 is 9.47 Å². The zero-order chi connectivity index (χ0) is 20.3. The largest absolute Gasteiger partial charge is 0.466 e. The van der Waals surface area contributed by atoms with Crippen molar-refractivity contribution >= 4 is 23.0 Å². The average molecular weight is 380 g/mol. The van der Waals surface area contributed by atoms with Crippen LogP contribution in [0.3, 0.4) is 0 Å². The number of benzene rings is 2. The minimum atomic E-state index is -0.583. The minimum absolute atomic E-state index is 0.230. The van der Waals surface area contributed by atoms with E-state index < -0.39 is 11.7 Å². The van der Waals surface area contributed by atoms with Crippen LogP contribution in [-0.4, -0.2) is 34.1 Å². The lowest BCUT2D eigenvalue weighted by atomic mass is 10.0. The van der Waals surface area contributed by atoms with Gasteiger partial charge in [-0.3, -0.25) is 4.79 Å². The Bertz CT molecular complexity index is 998. The third kappa shape index (κ3) is 4.57. The van der Waals surface area contributed by atoms with Crippen LogP contribution >= 0.6 is 0 Å². The number of nitrogens with zero attached hydrogens (tertiary/aromatic N) is 2. The number of esters is 1. The van der Waals surface area contributed by atoms with Gasteiger partial charge in [-0.1, -0.05) is 30.3 Å². The number of carbonyl (C=O) groups is 2. The number of rotatable bonds is 4. The van der Waals surface area contributed by atoms with E-state index in [-0.39, 0.29) is 12.4 Å². The maximum Gasteiger partial charge on any atom is 0.435 e. The third-order valence-electron chi connectivity index (χ3n) is 4.08. The maximum absolute atomic E-state index is 12.3. The topological polar surface area (TPSA) is 70.4 Å². The summed E-state index contributed by atoms with van der Waals surface area (Å²) in [5.41, 5.74) is 3.03. The molecule has 0 aliphatic heterocycles. The van der Waals surface area contributed by atoms with E-state index in [2.05, 4.69) is 5.10 Å². The number of carbonyl (C=O) groups excluding carboxylic acids is 2. The van der Waals surface area contributed by atoms with E-state index >= 15 is 0 Å². The SMILES string of the molecule is CCOC(=O)Cc1ccc(-c2ccc3c(cnn3C(=O)OC(C)(C)C)c2)cc1. The first-order valence-electron chi connectivity index (χ1n) is 9.23. The Balaban J connectivity index is 1.81. The monoisotopic (exact) mass is 380 g/mol. The Morgan fingerprint density at radius 2 is 1.71 bits per heavy atom. The summed E-state index contributed by atoms with van der Waals surface area (Å²) in [5, 5.41) is 5.02. The molecule has 1 aromatic heterocycles. The second-order valence-corrected chi connectivity index (χ2v) is 7.49. The zero-order valence-electron chi connectivity index (χ0n) is 16.6. The molecule has 1 heterocycles. The van der Waals surface area contributed by atoms with Gasteiger partial charge in [0.2, 0.25) is 0 Å². The fraction of sp³-hybridized carbons (Fsp3) is 0.318. The summed E-state index contributed by atoms with van der Waals surface area (Å²) >= 11 is 0. The molecule has 0 saturated carbocycles. The van der Waals surface area contributed by atoms with E-state index in [9.17, 15) is 9.59 Å². The van der Waals surface area contributed by atoms with E-state index in [1.54, 1.807) is 13.1 Å². The van der Waals surface area contributed by atoms with Gasteiger partial charge in [-0.15, -0.1) is 0 Å². The van der Waals surface area contributed by atoms with Crippen molar-refractivity contribution in [3.63, 3.8) is 0 Å². The molecule has 3 rings (SSSR count). The first-order valence-corrected chi connectivity index (χ1v) is 9.23. The second kappa shape index (κ2) is 7.84. The van der Waals surface area contributed by atoms with Crippen molar-refractivity contribution in [2.45, 2.75) is 39.7 Å². The number of hydrogen-bond acceptors (Lipinski definition) is 5. The molecule has 6 heteroatoms. The quantitative estimate of drug-likeness (QED) is 0.619. The van der Waals surface area contributed by atoms with Crippen molar-refractivity contribution in [2.24, 2.45) is 0 Å². The number of hydrogen-bond donors (Lipinski definition) is 0. The normalized spacial score (nSPS) is 11.4. The summed E-state index contributed by atoms with van der Waals surface area (Å²) in [4.78, 5) is 23.9. The molecule has 3 aromatic rings. The van der Waals surface area contributed by atoms with Crippen LogP contribution in [0.5, 0.6) is 0 Å². The first kappa shape index (κ1) is 19.6. The summed E-state index contributed by atoms with van der Waals surface area (Å²) in [5.74, 6) is -0.230. The highest BCUT2D eigenvalue weighted by Crippen LogP contribution is 2.25. The lowest BCUT2D eigenvalue weighted by Crippen LogP contribution is -2.27. The first-order chi connectivity index (χ1) is 13.3. The molecule has 2 aromatic carbocycles. The molecule has 6 nitrogen and oxygen atoms in total. The van der Waals surface area contributed by atoms with E-state index in [0.717, 1.165) is 22.1 Å². The van der Waals surface area contributed by atoms with Crippen molar-refractivity contribution in [1.82, 2.24) is 9.78 Å². The van der Waals surface area contributed by atoms with Gasteiger partial charge in [0.1, 0.15) is 5.60 Å². The van der Waals surface area contributed by atoms with E-state index in [1.807, 2.05) is 63.2 Å². The van der Waals surface area contributed by atoms with E-state index in [4.69, 9.17) is 9.47 Å². The Morgan fingerprint density at radius 1 is 1.04 bits per heavy atom. The molecular weight excluding hydrogens is 356 g/mol. The molecule has 0 aliphatic carbocycles. The van der Waals surface area contributed by atoms with Crippen LogP contribution in [-0.2, 0) is 20.7 Å².